The van der Waals surface area contributed by atoms with Crippen LogP contribution >= 0.6 is 24.2 Å². The van der Waals surface area contributed by atoms with Gasteiger partial charge in [-0.15, -0.1) is 24.2 Å². The highest BCUT2D eigenvalue weighted by molar-refractivity contribution is 8.00. The number of likely N-dealkylation sites (tertiary alicyclic amines) is 1. The van der Waals surface area contributed by atoms with Crippen molar-refractivity contribution in [3.8, 4) is 11.5 Å². The Morgan fingerprint density at radius 2 is 1.65 bits per heavy atom. The van der Waals surface area contributed by atoms with Crippen molar-refractivity contribution in [2.24, 2.45) is 0 Å². The first-order valence-electron chi connectivity index (χ1n) is 8.93. The summed E-state index contributed by atoms with van der Waals surface area (Å²) in [6.07, 6.45) is 3.59. The smallest absolute Gasteiger partial charge is 0.132 e. The molecular formula is C21H28ClNO2S. The average molecular weight is 394 g/mol. The number of rotatable bonds is 7. The van der Waals surface area contributed by atoms with E-state index in [0.717, 1.165) is 24.5 Å². The topological polar surface area (TPSA) is 21.7 Å². The first-order chi connectivity index (χ1) is 12.3. The SMILES string of the molecule is COc1ccc(CCN2CCC(Sc3ccccc3OC)CC2)cc1.Cl. The molecule has 1 heterocycles. The molecule has 0 saturated carbocycles. The van der Waals surface area contributed by atoms with E-state index < -0.39 is 0 Å². The molecule has 0 atom stereocenters. The lowest BCUT2D eigenvalue weighted by molar-refractivity contribution is 0.235. The second-order valence-corrected chi connectivity index (χ2v) is 7.75. The fourth-order valence-electron chi connectivity index (χ4n) is 3.23. The van der Waals surface area contributed by atoms with Gasteiger partial charge in [0.25, 0.3) is 0 Å². The minimum Gasteiger partial charge on any atom is -0.497 e. The lowest BCUT2D eigenvalue weighted by Gasteiger charge is -2.31. The normalized spacial score (nSPS) is 15.3. The summed E-state index contributed by atoms with van der Waals surface area (Å²) in [7, 11) is 3.46. The molecule has 0 aromatic heterocycles. The molecule has 0 unspecified atom stereocenters. The largest absolute Gasteiger partial charge is 0.497 e. The zero-order chi connectivity index (χ0) is 17.5. The highest BCUT2D eigenvalue weighted by Crippen LogP contribution is 2.35. The van der Waals surface area contributed by atoms with Gasteiger partial charge in [-0.1, -0.05) is 24.3 Å². The molecule has 142 valence electrons. The zero-order valence-electron chi connectivity index (χ0n) is 15.5. The molecule has 3 nitrogen and oxygen atoms in total. The van der Waals surface area contributed by atoms with Crippen molar-refractivity contribution in [3.63, 3.8) is 0 Å². The van der Waals surface area contributed by atoms with E-state index in [1.165, 1.54) is 36.4 Å². The van der Waals surface area contributed by atoms with Crippen molar-refractivity contribution in [1.29, 1.82) is 0 Å². The second kappa shape index (κ2) is 10.7. The Morgan fingerprint density at radius 1 is 0.962 bits per heavy atom. The molecule has 26 heavy (non-hydrogen) atoms. The van der Waals surface area contributed by atoms with Crippen LogP contribution in [0.4, 0.5) is 0 Å². The van der Waals surface area contributed by atoms with Crippen LogP contribution in [0.15, 0.2) is 53.4 Å². The Bertz CT molecular complexity index is 657. The summed E-state index contributed by atoms with van der Waals surface area (Å²) in [4.78, 5) is 3.85. The van der Waals surface area contributed by atoms with E-state index in [1.54, 1.807) is 14.2 Å². The van der Waals surface area contributed by atoms with Gasteiger partial charge in [0.15, 0.2) is 0 Å². The molecule has 1 aliphatic rings. The van der Waals surface area contributed by atoms with Crippen molar-refractivity contribution in [2.75, 3.05) is 33.9 Å². The first kappa shape index (κ1) is 20.9. The van der Waals surface area contributed by atoms with Crippen LogP contribution in [0.3, 0.4) is 0 Å². The van der Waals surface area contributed by atoms with Gasteiger partial charge >= 0.3 is 0 Å². The van der Waals surface area contributed by atoms with E-state index >= 15 is 0 Å². The zero-order valence-corrected chi connectivity index (χ0v) is 17.2. The number of ether oxygens (including phenoxy) is 2. The van der Waals surface area contributed by atoms with Gasteiger partial charge in [0, 0.05) is 16.7 Å². The summed E-state index contributed by atoms with van der Waals surface area (Å²) in [6.45, 7) is 3.50. The van der Waals surface area contributed by atoms with E-state index in [4.69, 9.17) is 9.47 Å². The second-order valence-electron chi connectivity index (χ2n) is 6.41. The molecule has 0 N–H and O–H groups in total. The molecule has 0 radical (unpaired) electrons. The molecule has 0 aliphatic carbocycles. The summed E-state index contributed by atoms with van der Waals surface area (Å²) >= 11 is 1.97. The average Bonchev–Trinajstić information content (AvgIpc) is 2.68. The molecular weight excluding hydrogens is 366 g/mol. The molecule has 1 saturated heterocycles. The molecule has 1 fully saturated rings. The third-order valence-corrected chi connectivity index (χ3v) is 6.17. The Hall–Kier alpha value is -1.36. The van der Waals surface area contributed by atoms with Crippen LogP contribution in [0.2, 0.25) is 0 Å². The lowest BCUT2D eigenvalue weighted by Crippen LogP contribution is -2.36. The number of piperidine rings is 1. The number of halogens is 1. The van der Waals surface area contributed by atoms with Gasteiger partial charge in [0.2, 0.25) is 0 Å². The third-order valence-electron chi connectivity index (χ3n) is 4.77. The Balaban J connectivity index is 0.00000243. The quantitative estimate of drug-likeness (QED) is 0.665. The molecule has 0 amide bonds. The Labute approximate surface area is 167 Å². The van der Waals surface area contributed by atoms with E-state index in [2.05, 4.69) is 29.2 Å². The number of hydrogen-bond donors (Lipinski definition) is 0. The maximum atomic E-state index is 5.47. The predicted molar refractivity (Wildman–Crippen MR) is 112 cm³/mol. The fraction of sp³-hybridized carbons (Fsp3) is 0.429. The standard InChI is InChI=1S/C21H27NO2S.ClH/c1-23-18-9-7-17(8-10-18)11-14-22-15-12-19(13-16-22)25-21-6-4-3-5-20(21)24-2;/h3-10,19H,11-16H2,1-2H3;1H. The van der Waals surface area contributed by atoms with Gasteiger partial charge in [-0.25, -0.2) is 0 Å². The van der Waals surface area contributed by atoms with Gasteiger partial charge in [-0.05, 0) is 62.2 Å². The number of benzene rings is 2. The summed E-state index contributed by atoms with van der Waals surface area (Å²) in [5.41, 5.74) is 1.38. The van der Waals surface area contributed by atoms with Crippen LogP contribution in [-0.2, 0) is 6.42 Å². The summed E-state index contributed by atoms with van der Waals surface area (Å²) in [5, 5.41) is 0.688. The van der Waals surface area contributed by atoms with E-state index in [1.807, 2.05) is 36.0 Å². The van der Waals surface area contributed by atoms with Gasteiger partial charge in [0.1, 0.15) is 11.5 Å². The van der Waals surface area contributed by atoms with Gasteiger partial charge in [-0.2, -0.15) is 0 Å². The van der Waals surface area contributed by atoms with E-state index in [0.29, 0.717) is 5.25 Å². The lowest BCUT2D eigenvalue weighted by atomic mass is 10.1. The van der Waals surface area contributed by atoms with Crippen LogP contribution in [0, 0.1) is 0 Å². The Kier molecular flexibility index (Phi) is 8.63. The van der Waals surface area contributed by atoms with Gasteiger partial charge in [0.05, 0.1) is 14.2 Å². The molecule has 0 spiro atoms. The number of para-hydroxylation sites is 1. The fourth-order valence-corrected chi connectivity index (χ4v) is 4.46. The minimum atomic E-state index is 0. The number of thioether (sulfide) groups is 1. The van der Waals surface area contributed by atoms with Gasteiger partial charge in [-0.3, -0.25) is 0 Å². The van der Waals surface area contributed by atoms with Crippen molar-refractivity contribution < 1.29 is 9.47 Å². The monoisotopic (exact) mass is 393 g/mol. The van der Waals surface area contributed by atoms with E-state index in [-0.39, 0.29) is 12.4 Å². The van der Waals surface area contributed by atoms with Crippen molar-refractivity contribution in [1.82, 2.24) is 4.90 Å². The van der Waals surface area contributed by atoms with Crippen LogP contribution < -0.4 is 9.47 Å². The van der Waals surface area contributed by atoms with Gasteiger partial charge < -0.3 is 14.4 Å². The summed E-state index contributed by atoms with van der Waals surface area (Å²) in [5.74, 6) is 1.92. The highest BCUT2D eigenvalue weighted by Gasteiger charge is 2.20. The third kappa shape index (κ3) is 5.83. The van der Waals surface area contributed by atoms with Crippen molar-refractivity contribution in [2.45, 2.75) is 29.4 Å². The maximum Gasteiger partial charge on any atom is 0.132 e. The Morgan fingerprint density at radius 3 is 2.31 bits per heavy atom. The summed E-state index contributed by atoms with van der Waals surface area (Å²) < 4.78 is 10.7. The number of nitrogens with zero attached hydrogens (tertiary/aromatic N) is 1. The minimum absolute atomic E-state index is 0. The molecule has 2 aromatic carbocycles. The van der Waals surface area contributed by atoms with Crippen LogP contribution in [0.25, 0.3) is 0 Å². The van der Waals surface area contributed by atoms with Crippen LogP contribution in [0.5, 0.6) is 11.5 Å². The molecule has 5 heteroatoms. The van der Waals surface area contributed by atoms with Crippen LogP contribution in [-0.4, -0.2) is 44.0 Å². The molecule has 2 aromatic rings. The molecule has 3 rings (SSSR count). The number of methoxy groups -OCH3 is 2. The van der Waals surface area contributed by atoms with Crippen LogP contribution in [0.1, 0.15) is 18.4 Å². The predicted octanol–water partition coefficient (Wildman–Crippen LogP) is 4.92. The first-order valence-corrected chi connectivity index (χ1v) is 9.81. The molecule has 0 bridgehead atoms. The summed E-state index contributed by atoms with van der Waals surface area (Å²) in [6, 6.07) is 16.8. The highest BCUT2D eigenvalue weighted by atomic mass is 35.5. The maximum absolute atomic E-state index is 5.47. The molecule has 1 aliphatic heterocycles. The van der Waals surface area contributed by atoms with E-state index in [9.17, 15) is 0 Å². The van der Waals surface area contributed by atoms with Crippen molar-refractivity contribution >= 4 is 24.2 Å². The number of hydrogen-bond acceptors (Lipinski definition) is 4. The van der Waals surface area contributed by atoms with Crippen molar-refractivity contribution in [3.05, 3.63) is 54.1 Å².